The summed E-state index contributed by atoms with van der Waals surface area (Å²) < 4.78 is 1.96. The SMILES string of the molecule is CC.Cc1cnn2c1CN(C(=O)Nc1cccc(Cl)c1)CC2. The Morgan fingerprint density at radius 3 is 2.82 bits per heavy atom. The minimum absolute atomic E-state index is 0.112. The van der Waals surface area contributed by atoms with E-state index in [2.05, 4.69) is 10.4 Å². The Hall–Kier alpha value is -2.01. The summed E-state index contributed by atoms with van der Waals surface area (Å²) in [5, 5.41) is 7.76. The van der Waals surface area contributed by atoms with Crippen LogP contribution in [0.25, 0.3) is 0 Å². The van der Waals surface area contributed by atoms with Crippen molar-refractivity contribution in [3.8, 4) is 0 Å². The Morgan fingerprint density at radius 1 is 1.32 bits per heavy atom. The molecule has 0 spiro atoms. The van der Waals surface area contributed by atoms with Crippen molar-refractivity contribution in [1.82, 2.24) is 14.7 Å². The lowest BCUT2D eigenvalue weighted by Gasteiger charge is -2.28. The Bertz CT molecular complexity index is 653. The number of halogens is 1. The van der Waals surface area contributed by atoms with E-state index in [1.54, 1.807) is 17.0 Å². The second-order valence-corrected chi connectivity index (χ2v) is 5.30. The summed E-state index contributed by atoms with van der Waals surface area (Å²) in [6.45, 7) is 7.97. The number of aryl methyl sites for hydroxylation is 1. The van der Waals surface area contributed by atoms with Crippen LogP contribution in [0, 0.1) is 6.92 Å². The van der Waals surface area contributed by atoms with Gasteiger partial charge in [0.15, 0.2) is 0 Å². The third-order valence-electron chi connectivity index (χ3n) is 3.44. The summed E-state index contributed by atoms with van der Waals surface area (Å²) in [5.41, 5.74) is 2.92. The molecule has 1 N–H and O–H groups in total. The molecule has 0 unspecified atom stereocenters. The van der Waals surface area contributed by atoms with Crippen molar-refractivity contribution in [2.75, 3.05) is 11.9 Å². The van der Waals surface area contributed by atoms with Crippen molar-refractivity contribution in [2.24, 2.45) is 0 Å². The normalized spacial score (nSPS) is 13.0. The predicted octanol–water partition coefficient (Wildman–Crippen LogP) is 3.92. The number of fused-ring (bicyclic) bond motifs is 1. The zero-order chi connectivity index (χ0) is 16.1. The Balaban J connectivity index is 0.000000847. The van der Waals surface area contributed by atoms with Crippen LogP contribution in [0.2, 0.25) is 5.02 Å². The average Bonchev–Trinajstić information content (AvgIpc) is 2.90. The number of urea groups is 1. The van der Waals surface area contributed by atoms with Crippen LogP contribution in [0.5, 0.6) is 0 Å². The van der Waals surface area contributed by atoms with E-state index in [0.29, 0.717) is 23.8 Å². The molecule has 22 heavy (non-hydrogen) atoms. The van der Waals surface area contributed by atoms with Gasteiger partial charge in [0.05, 0.1) is 25.0 Å². The van der Waals surface area contributed by atoms with Crippen LogP contribution in [0.3, 0.4) is 0 Å². The first-order valence-electron chi connectivity index (χ1n) is 7.46. The highest BCUT2D eigenvalue weighted by molar-refractivity contribution is 6.30. The molecule has 0 atom stereocenters. The van der Waals surface area contributed by atoms with Gasteiger partial charge in [-0.3, -0.25) is 4.68 Å². The van der Waals surface area contributed by atoms with Crippen LogP contribution >= 0.6 is 11.6 Å². The number of nitrogens with one attached hydrogen (secondary N) is 1. The molecule has 1 aromatic heterocycles. The Morgan fingerprint density at radius 2 is 2.09 bits per heavy atom. The summed E-state index contributed by atoms with van der Waals surface area (Å²) in [4.78, 5) is 14.0. The van der Waals surface area contributed by atoms with Crippen LogP contribution < -0.4 is 5.32 Å². The fourth-order valence-electron chi connectivity index (χ4n) is 2.32. The molecular formula is C16H21ClN4O. The van der Waals surface area contributed by atoms with Crippen LogP contribution in [-0.4, -0.2) is 27.3 Å². The molecule has 0 fully saturated rings. The van der Waals surface area contributed by atoms with Gasteiger partial charge >= 0.3 is 6.03 Å². The smallest absolute Gasteiger partial charge is 0.317 e. The molecule has 0 aliphatic carbocycles. The van der Waals surface area contributed by atoms with E-state index in [1.165, 1.54) is 0 Å². The van der Waals surface area contributed by atoms with Crippen molar-refractivity contribution in [1.29, 1.82) is 0 Å². The molecule has 1 aliphatic rings. The van der Waals surface area contributed by atoms with Gasteiger partial charge in [-0.1, -0.05) is 31.5 Å². The Labute approximate surface area is 135 Å². The Kier molecular flexibility index (Phi) is 5.44. The van der Waals surface area contributed by atoms with Gasteiger partial charge in [-0.15, -0.1) is 0 Å². The number of anilines is 1. The van der Waals surface area contributed by atoms with Crippen molar-refractivity contribution >= 4 is 23.3 Å². The molecule has 118 valence electrons. The quantitative estimate of drug-likeness (QED) is 0.865. The van der Waals surface area contributed by atoms with E-state index < -0.39 is 0 Å². The molecule has 5 nitrogen and oxygen atoms in total. The number of rotatable bonds is 1. The number of nitrogens with zero attached hydrogens (tertiary/aromatic N) is 3. The highest BCUT2D eigenvalue weighted by atomic mass is 35.5. The molecule has 1 aromatic carbocycles. The maximum Gasteiger partial charge on any atom is 0.322 e. The maximum absolute atomic E-state index is 12.3. The van der Waals surface area contributed by atoms with Gasteiger partial charge in [0.25, 0.3) is 0 Å². The highest BCUT2D eigenvalue weighted by Gasteiger charge is 2.22. The van der Waals surface area contributed by atoms with Crippen molar-refractivity contribution < 1.29 is 4.79 Å². The van der Waals surface area contributed by atoms with Crippen LogP contribution in [-0.2, 0) is 13.1 Å². The third kappa shape index (κ3) is 3.60. The molecular weight excluding hydrogens is 300 g/mol. The highest BCUT2D eigenvalue weighted by Crippen LogP contribution is 2.18. The molecule has 0 bridgehead atoms. The standard InChI is InChI=1S/C14H15ClN4O.C2H6/c1-10-8-16-19-6-5-18(9-13(10)19)14(20)17-12-4-2-3-11(15)7-12;1-2/h2-4,7-8H,5-6,9H2,1H3,(H,17,20);1-2H3. The zero-order valence-corrected chi connectivity index (χ0v) is 13.9. The fourth-order valence-corrected chi connectivity index (χ4v) is 2.51. The second kappa shape index (κ2) is 7.31. The van der Waals surface area contributed by atoms with Gasteiger partial charge in [-0.05, 0) is 30.7 Å². The lowest BCUT2D eigenvalue weighted by atomic mass is 10.2. The van der Waals surface area contributed by atoms with E-state index in [4.69, 9.17) is 11.6 Å². The van der Waals surface area contributed by atoms with Crippen molar-refractivity contribution in [3.05, 3.63) is 46.7 Å². The zero-order valence-electron chi connectivity index (χ0n) is 13.1. The number of carbonyl (C=O) groups excluding carboxylic acids is 1. The molecule has 6 heteroatoms. The van der Waals surface area contributed by atoms with E-state index in [1.807, 2.05) is 43.8 Å². The first-order chi connectivity index (χ1) is 10.6. The number of aromatic nitrogens is 2. The third-order valence-corrected chi connectivity index (χ3v) is 3.68. The van der Waals surface area contributed by atoms with E-state index >= 15 is 0 Å². The molecule has 0 saturated heterocycles. The average molecular weight is 321 g/mol. The molecule has 1 aliphatic heterocycles. The lowest BCUT2D eigenvalue weighted by molar-refractivity contribution is 0.194. The van der Waals surface area contributed by atoms with E-state index in [0.717, 1.165) is 17.8 Å². The predicted molar refractivity (Wildman–Crippen MR) is 89.2 cm³/mol. The molecule has 0 radical (unpaired) electrons. The number of amides is 2. The summed E-state index contributed by atoms with van der Waals surface area (Å²) in [7, 11) is 0. The van der Waals surface area contributed by atoms with Gasteiger partial charge < -0.3 is 10.2 Å². The summed E-state index contributed by atoms with van der Waals surface area (Å²) in [6, 6.07) is 7.04. The lowest BCUT2D eigenvalue weighted by Crippen LogP contribution is -2.41. The largest absolute Gasteiger partial charge is 0.322 e. The number of hydrogen-bond donors (Lipinski definition) is 1. The first kappa shape index (κ1) is 16.4. The van der Waals surface area contributed by atoms with Gasteiger partial charge in [0, 0.05) is 17.3 Å². The fraction of sp³-hybridized carbons (Fsp3) is 0.375. The van der Waals surface area contributed by atoms with Gasteiger partial charge in [0.1, 0.15) is 0 Å². The van der Waals surface area contributed by atoms with E-state index in [9.17, 15) is 4.79 Å². The maximum atomic E-state index is 12.3. The number of benzene rings is 1. The molecule has 0 saturated carbocycles. The second-order valence-electron chi connectivity index (χ2n) is 4.86. The monoisotopic (exact) mass is 320 g/mol. The van der Waals surface area contributed by atoms with Crippen LogP contribution in [0.15, 0.2) is 30.5 Å². The number of hydrogen-bond acceptors (Lipinski definition) is 2. The van der Waals surface area contributed by atoms with E-state index in [-0.39, 0.29) is 6.03 Å². The summed E-state index contributed by atoms with van der Waals surface area (Å²) in [5.74, 6) is 0. The van der Waals surface area contributed by atoms with Gasteiger partial charge in [-0.2, -0.15) is 5.10 Å². The summed E-state index contributed by atoms with van der Waals surface area (Å²) >= 11 is 5.91. The van der Waals surface area contributed by atoms with Gasteiger partial charge in [-0.25, -0.2) is 4.79 Å². The first-order valence-corrected chi connectivity index (χ1v) is 7.84. The molecule has 2 amide bonds. The van der Waals surface area contributed by atoms with Crippen LogP contribution in [0.4, 0.5) is 10.5 Å². The topological polar surface area (TPSA) is 50.2 Å². The molecule has 3 rings (SSSR count). The van der Waals surface area contributed by atoms with Crippen LogP contribution in [0.1, 0.15) is 25.1 Å². The minimum Gasteiger partial charge on any atom is -0.317 e. The minimum atomic E-state index is -0.112. The summed E-state index contributed by atoms with van der Waals surface area (Å²) in [6.07, 6.45) is 1.84. The van der Waals surface area contributed by atoms with Crippen molar-refractivity contribution in [3.63, 3.8) is 0 Å². The number of carbonyl (C=O) groups is 1. The van der Waals surface area contributed by atoms with Gasteiger partial charge in [0.2, 0.25) is 0 Å². The molecule has 2 heterocycles. The van der Waals surface area contributed by atoms with Crippen molar-refractivity contribution in [2.45, 2.75) is 33.9 Å². The molecule has 2 aromatic rings.